The largest absolute Gasteiger partial charge is 0.380 e. The summed E-state index contributed by atoms with van der Waals surface area (Å²) in [6.45, 7) is 3.96. The first-order valence-corrected chi connectivity index (χ1v) is 8.12. The van der Waals surface area contributed by atoms with Gasteiger partial charge in [-0.25, -0.2) is 0 Å². The van der Waals surface area contributed by atoms with Crippen molar-refractivity contribution in [1.82, 2.24) is 0 Å². The number of allylic oxidation sites excluding steroid dienone is 1. The smallest absolute Gasteiger partial charge is 0.117 e. The minimum Gasteiger partial charge on any atom is -0.380 e. The van der Waals surface area contributed by atoms with Crippen LogP contribution in [-0.4, -0.2) is 11.2 Å². The highest BCUT2D eigenvalue weighted by Gasteiger charge is 2.08. The molecule has 23 heavy (non-hydrogen) atoms. The molecular weight excluding hydrogens is 280 g/mol. The van der Waals surface area contributed by atoms with Crippen molar-refractivity contribution in [1.29, 1.82) is 0 Å². The van der Waals surface area contributed by atoms with Crippen molar-refractivity contribution in [3.8, 4) is 11.8 Å². The minimum absolute atomic E-state index is 0.101. The second-order valence-electron chi connectivity index (χ2n) is 5.99. The summed E-state index contributed by atoms with van der Waals surface area (Å²) in [4.78, 5) is 0. The van der Waals surface area contributed by atoms with Crippen molar-refractivity contribution in [2.24, 2.45) is 5.92 Å². The van der Waals surface area contributed by atoms with Crippen LogP contribution in [0.15, 0.2) is 66.7 Å². The monoisotopic (exact) mass is 304 g/mol. The second kappa shape index (κ2) is 8.98. The molecule has 2 unspecified atom stereocenters. The maximum atomic E-state index is 9.93. The SMILES string of the molecule is CC(C)C(O)C#CC(C/C=C/c1ccccc1)c1ccccc1. The van der Waals surface area contributed by atoms with Gasteiger partial charge in [-0.2, -0.15) is 0 Å². The molecule has 118 valence electrons. The average Bonchev–Trinajstić information content (AvgIpc) is 2.59. The third-order valence-corrected chi connectivity index (χ3v) is 3.72. The fraction of sp³-hybridized carbons (Fsp3) is 0.273. The summed E-state index contributed by atoms with van der Waals surface area (Å²) < 4.78 is 0. The molecule has 0 saturated carbocycles. The maximum Gasteiger partial charge on any atom is 0.117 e. The van der Waals surface area contributed by atoms with Crippen LogP contribution in [-0.2, 0) is 0 Å². The van der Waals surface area contributed by atoms with Gasteiger partial charge in [0.05, 0.1) is 0 Å². The first kappa shape index (κ1) is 17.1. The van der Waals surface area contributed by atoms with E-state index in [-0.39, 0.29) is 11.8 Å². The van der Waals surface area contributed by atoms with Crippen LogP contribution in [0.1, 0.15) is 37.3 Å². The molecule has 0 fully saturated rings. The summed E-state index contributed by atoms with van der Waals surface area (Å²) in [5.74, 6) is 6.51. The van der Waals surface area contributed by atoms with Crippen LogP contribution in [0.4, 0.5) is 0 Å². The Kier molecular flexibility index (Phi) is 6.66. The Morgan fingerprint density at radius 2 is 1.52 bits per heavy atom. The summed E-state index contributed by atoms with van der Waals surface area (Å²) in [6, 6.07) is 20.5. The number of aliphatic hydroxyl groups is 1. The second-order valence-corrected chi connectivity index (χ2v) is 5.99. The molecule has 0 aliphatic heterocycles. The lowest BCUT2D eigenvalue weighted by molar-refractivity contribution is 0.181. The molecule has 1 N–H and O–H groups in total. The Hall–Kier alpha value is -2.30. The van der Waals surface area contributed by atoms with E-state index in [1.165, 1.54) is 11.1 Å². The van der Waals surface area contributed by atoms with E-state index in [2.05, 4.69) is 48.3 Å². The van der Waals surface area contributed by atoms with Crippen LogP contribution in [0.5, 0.6) is 0 Å². The van der Waals surface area contributed by atoms with E-state index in [9.17, 15) is 5.11 Å². The summed E-state index contributed by atoms with van der Waals surface area (Å²) in [5.41, 5.74) is 2.38. The lowest BCUT2D eigenvalue weighted by Crippen LogP contribution is -2.11. The summed E-state index contributed by atoms with van der Waals surface area (Å²) in [5, 5.41) is 9.93. The normalized spacial score (nSPS) is 13.6. The third-order valence-electron chi connectivity index (χ3n) is 3.72. The molecule has 0 bridgehead atoms. The average molecular weight is 304 g/mol. The fourth-order valence-electron chi connectivity index (χ4n) is 2.22. The number of hydrogen-bond donors (Lipinski definition) is 1. The van der Waals surface area contributed by atoms with Gasteiger partial charge >= 0.3 is 0 Å². The van der Waals surface area contributed by atoms with Crippen molar-refractivity contribution >= 4 is 6.08 Å². The molecule has 0 heterocycles. The Labute approximate surface area is 139 Å². The number of rotatable bonds is 5. The molecule has 0 amide bonds. The van der Waals surface area contributed by atoms with Gasteiger partial charge in [0, 0.05) is 5.92 Å². The molecule has 0 aliphatic rings. The molecule has 0 aliphatic carbocycles. The van der Waals surface area contributed by atoms with E-state index in [4.69, 9.17) is 0 Å². The van der Waals surface area contributed by atoms with Crippen molar-refractivity contribution in [2.75, 3.05) is 0 Å². The quantitative estimate of drug-likeness (QED) is 0.779. The molecule has 0 saturated heterocycles. The first-order chi connectivity index (χ1) is 11.2. The zero-order valence-corrected chi connectivity index (χ0v) is 13.8. The topological polar surface area (TPSA) is 20.2 Å². The lowest BCUT2D eigenvalue weighted by atomic mass is 9.95. The number of benzene rings is 2. The minimum atomic E-state index is -0.570. The standard InChI is InChI=1S/C22H24O/c1-18(2)22(23)17-16-21(20-13-7-4-8-14-20)15-9-12-19-10-5-3-6-11-19/h3-14,18,21-23H,15H2,1-2H3/b12-9+. The van der Waals surface area contributed by atoms with E-state index in [1.54, 1.807) is 0 Å². The van der Waals surface area contributed by atoms with Crippen LogP contribution in [0, 0.1) is 17.8 Å². The Morgan fingerprint density at radius 3 is 2.13 bits per heavy atom. The van der Waals surface area contributed by atoms with Gasteiger partial charge < -0.3 is 5.11 Å². The van der Waals surface area contributed by atoms with E-state index in [0.717, 1.165) is 6.42 Å². The summed E-state index contributed by atoms with van der Waals surface area (Å²) >= 11 is 0. The summed E-state index contributed by atoms with van der Waals surface area (Å²) in [6.07, 6.45) is 4.54. The van der Waals surface area contributed by atoms with Crippen LogP contribution >= 0.6 is 0 Å². The van der Waals surface area contributed by atoms with Crippen molar-refractivity contribution < 1.29 is 5.11 Å². The fourth-order valence-corrected chi connectivity index (χ4v) is 2.22. The molecular formula is C22H24O. The molecule has 1 nitrogen and oxygen atoms in total. The van der Waals surface area contributed by atoms with Gasteiger partial charge in [0.2, 0.25) is 0 Å². The Balaban J connectivity index is 2.12. The molecule has 2 aromatic rings. The molecule has 0 spiro atoms. The highest BCUT2D eigenvalue weighted by molar-refractivity contribution is 5.49. The van der Waals surface area contributed by atoms with E-state index >= 15 is 0 Å². The Bertz CT molecular complexity index is 659. The highest BCUT2D eigenvalue weighted by atomic mass is 16.3. The predicted octanol–water partition coefficient (Wildman–Crippen LogP) is 4.89. The summed E-state index contributed by atoms with van der Waals surface area (Å²) in [7, 11) is 0. The van der Waals surface area contributed by atoms with Crippen LogP contribution in [0.25, 0.3) is 6.08 Å². The van der Waals surface area contributed by atoms with Gasteiger partial charge in [-0.15, -0.1) is 0 Å². The van der Waals surface area contributed by atoms with Crippen molar-refractivity contribution in [3.63, 3.8) is 0 Å². The molecule has 1 heteroatoms. The number of aliphatic hydroxyl groups excluding tert-OH is 1. The highest BCUT2D eigenvalue weighted by Crippen LogP contribution is 2.20. The van der Waals surface area contributed by atoms with Gasteiger partial charge in [-0.3, -0.25) is 0 Å². The third kappa shape index (κ3) is 5.77. The van der Waals surface area contributed by atoms with Gasteiger partial charge in [0.15, 0.2) is 0 Å². The van der Waals surface area contributed by atoms with Gasteiger partial charge in [0.25, 0.3) is 0 Å². The van der Waals surface area contributed by atoms with Gasteiger partial charge in [-0.05, 0) is 23.5 Å². The van der Waals surface area contributed by atoms with E-state index < -0.39 is 6.10 Å². The molecule has 2 atom stereocenters. The zero-order chi connectivity index (χ0) is 16.5. The van der Waals surface area contributed by atoms with E-state index in [1.807, 2.05) is 50.2 Å². The maximum absolute atomic E-state index is 9.93. The number of hydrogen-bond acceptors (Lipinski definition) is 1. The van der Waals surface area contributed by atoms with Crippen molar-refractivity contribution in [3.05, 3.63) is 77.9 Å². The molecule has 0 radical (unpaired) electrons. The zero-order valence-electron chi connectivity index (χ0n) is 13.8. The predicted molar refractivity (Wildman–Crippen MR) is 97.9 cm³/mol. The van der Waals surface area contributed by atoms with E-state index in [0.29, 0.717) is 0 Å². The molecule has 2 aromatic carbocycles. The van der Waals surface area contributed by atoms with Crippen LogP contribution in [0.3, 0.4) is 0 Å². The lowest BCUT2D eigenvalue weighted by Gasteiger charge is -2.10. The van der Waals surface area contributed by atoms with Gasteiger partial charge in [-0.1, -0.05) is 98.5 Å². The van der Waals surface area contributed by atoms with Crippen LogP contribution in [0.2, 0.25) is 0 Å². The molecule has 2 rings (SSSR count). The first-order valence-electron chi connectivity index (χ1n) is 8.12. The van der Waals surface area contributed by atoms with Gasteiger partial charge in [0.1, 0.15) is 6.10 Å². The molecule has 0 aromatic heterocycles. The van der Waals surface area contributed by atoms with Crippen LogP contribution < -0.4 is 0 Å². The van der Waals surface area contributed by atoms with Crippen molar-refractivity contribution in [2.45, 2.75) is 32.3 Å². The Morgan fingerprint density at radius 1 is 0.913 bits per heavy atom.